The lowest BCUT2D eigenvalue weighted by Gasteiger charge is -2.16. The molecule has 86 valence electrons. The number of rotatable bonds is 7. The lowest BCUT2D eigenvalue weighted by atomic mass is 9.90. The third kappa shape index (κ3) is 4.47. The zero-order valence-electron chi connectivity index (χ0n) is 9.06. The molecule has 0 saturated carbocycles. The van der Waals surface area contributed by atoms with Crippen molar-refractivity contribution >= 4 is 5.97 Å². The van der Waals surface area contributed by atoms with Crippen LogP contribution in [0.1, 0.15) is 38.5 Å². The molecule has 0 aliphatic heterocycles. The summed E-state index contributed by atoms with van der Waals surface area (Å²) in [6.45, 7) is 0.246. The van der Waals surface area contributed by atoms with E-state index >= 15 is 0 Å². The van der Waals surface area contributed by atoms with E-state index in [0.717, 1.165) is 32.1 Å². The molecule has 0 bridgehead atoms. The first kappa shape index (κ1) is 12.2. The van der Waals surface area contributed by atoms with Crippen LogP contribution in [0.15, 0.2) is 12.2 Å². The molecule has 0 fully saturated rings. The molecule has 1 rings (SSSR count). The van der Waals surface area contributed by atoms with Crippen molar-refractivity contribution in [1.82, 2.24) is 0 Å². The highest BCUT2D eigenvalue weighted by Crippen LogP contribution is 2.29. The molecule has 0 spiro atoms. The third-order valence-corrected chi connectivity index (χ3v) is 3.10. The summed E-state index contributed by atoms with van der Waals surface area (Å²) in [6, 6.07) is 0. The summed E-state index contributed by atoms with van der Waals surface area (Å²) in [5, 5.41) is 17.5. The maximum atomic E-state index is 10.3. The quantitative estimate of drug-likeness (QED) is 0.502. The monoisotopic (exact) mass is 212 g/mol. The van der Waals surface area contributed by atoms with Crippen LogP contribution in [-0.2, 0) is 4.79 Å². The van der Waals surface area contributed by atoms with Gasteiger partial charge < -0.3 is 10.2 Å². The van der Waals surface area contributed by atoms with E-state index in [2.05, 4.69) is 12.2 Å². The largest absolute Gasteiger partial charge is 0.481 e. The standard InChI is InChI=1S/C12H20O3/c13-9-11-7-4-6-10(11)5-2-1-3-8-12(14)15/h4,7,10-11,13H,1-3,5-6,8-9H2,(H,14,15)/t10-,11+/m0/s1. The molecule has 3 nitrogen and oxygen atoms in total. The van der Waals surface area contributed by atoms with Crippen molar-refractivity contribution in [3.8, 4) is 0 Å². The lowest BCUT2D eigenvalue weighted by molar-refractivity contribution is -0.137. The van der Waals surface area contributed by atoms with Gasteiger partial charge in [0, 0.05) is 18.9 Å². The van der Waals surface area contributed by atoms with Gasteiger partial charge in [0.2, 0.25) is 0 Å². The van der Waals surface area contributed by atoms with Gasteiger partial charge in [0.15, 0.2) is 0 Å². The van der Waals surface area contributed by atoms with Crippen LogP contribution in [0, 0.1) is 11.8 Å². The van der Waals surface area contributed by atoms with Gasteiger partial charge in [-0.25, -0.2) is 0 Å². The Labute approximate surface area is 90.8 Å². The van der Waals surface area contributed by atoms with Gasteiger partial charge in [-0.05, 0) is 25.2 Å². The molecule has 0 unspecified atom stereocenters. The van der Waals surface area contributed by atoms with Crippen molar-refractivity contribution < 1.29 is 15.0 Å². The maximum Gasteiger partial charge on any atom is 0.303 e. The predicted molar refractivity (Wildman–Crippen MR) is 58.5 cm³/mol. The molecule has 0 radical (unpaired) electrons. The van der Waals surface area contributed by atoms with Crippen molar-refractivity contribution in [2.75, 3.05) is 6.61 Å². The number of carbonyl (C=O) groups is 1. The number of carboxylic acid groups (broad SMARTS) is 1. The first-order chi connectivity index (χ1) is 7.24. The molecule has 2 N–H and O–H groups in total. The predicted octanol–water partition coefficient (Wildman–Crippen LogP) is 2.21. The Kier molecular flexibility index (Phi) is 5.40. The number of aliphatic carboxylic acids is 1. The molecule has 0 saturated heterocycles. The molecule has 0 aromatic carbocycles. The molecule has 1 aliphatic rings. The van der Waals surface area contributed by atoms with E-state index in [0.29, 0.717) is 11.8 Å². The van der Waals surface area contributed by atoms with Gasteiger partial charge in [-0.1, -0.05) is 25.0 Å². The van der Waals surface area contributed by atoms with Crippen LogP contribution >= 0.6 is 0 Å². The highest BCUT2D eigenvalue weighted by atomic mass is 16.4. The third-order valence-electron chi connectivity index (χ3n) is 3.10. The van der Waals surface area contributed by atoms with E-state index in [4.69, 9.17) is 10.2 Å². The van der Waals surface area contributed by atoms with E-state index in [-0.39, 0.29) is 13.0 Å². The minimum Gasteiger partial charge on any atom is -0.481 e. The number of carboxylic acids is 1. The molecule has 0 aromatic rings. The van der Waals surface area contributed by atoms with E-state index in [1.54, 1.807) is 0 Å². The normalized spacial score (nSPS) is 24.6. The summed E-state index contributed by atoms with van der Waals surface area (Å²) < 4.78 is 0. The average Bonchev–Trinajstić information content (AvgIpc) is 2.64. The zero-order valence-corrected chi connectivity index (χ0v) is 9.06. The highest BCUT2D eigenvalue weighted by molar-refractivity contribution is 5.66. The molecular formula is C12H20O3. The van der Waals surface area contributed by atoms with Gasteiger partial charge >= 0.3 is 5.97 Å². The van der Waals surface area contributed by atoms with Crippen LogP contribution in [0.4, 0.5) is 0 Å². The summed E-state index contributed by atoms with van der Waals surface area (Å²) in [5.74, 6) is 0.218. The van der Waals surface area contributed by atoms with E-state index < -0.39 is 5.97 Å². The molecule has 15 heavy (non-hydrogen) atoms. The Morgan fingerprint density at radius 2 is 2.13 bits per heavy atom. The Hall–Kier alpha value is -0.830. The van der Waals surface area contributed by atoms with Crippen LogP contribution in [0.3, 0.4) is 0 Å². The first-order valence-electron chi connectivity index (χ1n) is 5.73. The first-order valence-corrected chi connectivity index (χ1v) is 5.73. The average molecular weight is 212 g/mol. The van der Waals surface area contributed by atoms with Gasteiger partial charge in [-0.15, -0.1) is 0 Å². The van der Waals surface area contributed by atoms with E-state index in [1.807, 2.05) is 0 Å². The van der Waals surface area contributed by atoms with E-state index in [1.165, 1.54) is 0 Å². The fourth-order valence-corrected chi connectivity index (χ4v) is 2.16. The molecule has 0 amide bonds. The van der Waals surface area contributed by atoms with Crippen LogP contribution < -0.4 is 0 Å². The number of aliphatic hydroxyl groups is 1. The summed E-state index contributed by atoms with van der Waals surface area (Å²) >= 11 is 0. The second kappa shape index (κ2) is 6.62. The lowest BCUT2D eigenvalue weighted by Crippen LogP contribution is -2.12. The molecule has 2 atom stereocenters. The number of unbranched alkanes of at least 4 members (excludes halogenated alkanes) is 2. The molecule has 1 aliphatic carbocycles. The number of hydrogen-bond acceptors (Lipinski definition) is 2. The smallest absolute Gasteiger partial charge is 0.303 e. The fraction of sp³-hybridized carbons (Fsp3) is 0.750. The molecule has 0 heterocycles. The van der Waals surface area contributed by atoms with Gasteiger partial charge in [0.25, 0.3) is 0 Å². The Morgan fingerprint density at radius 1 is 1.33 bits per heavy atom. The van der Waals surface area contributed by atoms with Crippen molar-refractivity contribution in [3.63, 3.8) is 0 Å². The van der Waals surface area contributed by atoms with Crippen molar-refractivity contribution in [2.24, 2.45) is 11.8 Å². The van der Waals surface area contributed by atoms with Crippen molar-refractivity contribution in [2.45, 2.75) is 38.5 Å². The fourth-order valence-electron chi connectivity index (χ4n) is 2.16. The van der Waals surface area contributed by atoms with Crippen LogP contribution in [0.2, 0.25) is 0 Å². The second-order valence-corrected chi connectivity index (χ2v) is 4.26. The molecule has 0 aromatic heterocycles. The maximum absolute atomic E-state index is 10.3. The second-order valence-electron chi connectivity index (χ2n) is 4.26. The van der Waals surface area contributed by atoms with Gasteiger partial charge in [0.1, 0.15) is 0 Å². The van der Waals surface area contributed by atoms with E-state index in [9.17, 15) is 4.79 Å². The Morgan fingerprint density at radius 3 is 2.80 bits per heavy atom. The van der Waals surface area contributed by atoms with Crippen LogP contribution in [0.25, 0.3) is 0 Å². The number of allylic oxidation sites excluding steroid dienone is 1. The summed E-state index contributed by atoms with van der Waals surface area (Å²) in [6.07, 6.45) is 9.55. The van der Waals surface area contributed by atoms with Crippen LogP contribution in [0.5, 0.6) is 0 Å². The topological polar surface area (TPSA) is 57.5 Å². The van der Waals surface area contributed by atoms with Gasteiger partial charge in [-0.2, -0.15) is 0 Å². The number of aliphatic hydroxyl groups excluding tert-OH is 1. The van der Waals surface area contributed by atoms with Gasteiger partial charge in [0.05, 0.1) is 0 Å². The van der Waals surface area contributed by atoms with Crippen molar-refractivity contribution in [1.29, 1.82) is 0 Å². The SMILES string of the molecule is O=C(O)CCCCC[C@H]1CC=C[C@@H]1CO. The van der Waals surface area contributed by atoms with Gasteiger partial charge in [-0.3, -0.25) is 4.79 Å². The zero-order chi connectivity index (χ0) is 11.1. The molecule has 3 heteroatoms. The Bertz CT molecular complexity index is 223. The minimum absolute atomic E-state index is 0.246. The van der Waals surface area contributed by atoms with Crippen molar-refractivity contribution in [3.05, 3.63) is 12.2 Å². The summed E-state index contributed by atoms with van der Waals surface area (Å²) in [5.41, 5.74) is 0. The summed E-state index contributed by atoms with van der Waals surface area (Å²) in [4.78, 5) is 10.3. The number of hydrogen-bond donors (Lipinski definition) is 2. The highest BCUT2D eigenvalue weighted by Gasteiger charge is 2.20. The summed E-state index contributed by atoms with van der Waals surface area (Å²) in [7, 11) is 0. The molecular weight excluding hydrogens is 192 g/mol. The minimum atomic E-state index is -0.703. The van der Waals surface area contributed by atoms with Crippen LogP contribution in [-0.4, -0.2) is 22.8 Å². The Balaban J connectivity index is 2.03.